The Morgan fingerprint density at radius 3 is 2.60 bits per heavy atom. The molecule has 0 saturated heterocycles. The summed E-state index contributed by atoms with van der Waals surface area (Å²) in [5.41, 5.74) is 0. The fourth-order valence-electron chi connectivity index (χ4n) is 0.0215. The first kappa shape index (κ1) is 4.15. The summed E-state index contributed by atoms with van der Waals surface area (Å²) in [5, 5.41) is 7.36. The minimum atomic E-state index is 0.0694. The van der Waals surface area contributed by atoms with Gasteiger partial charge in [0.15, 0.2) is 0 Å². The third-order valence-corrected chi connectivity index (χ3v) is 0.101. The van der Waals surface area contributed by atoms with Gasteiger partial charge in [0, 0.05) is 0 Å². The molecule has 0 saturated carbocycles. The molecule has 0 radical (unpaired) electrons. The molecule has 4 heteroatoms. The Kier molecular flexibility index (Phi) is 2.62. The molecule has 0 aliphatic heterocycles. The van der Waals surface area contributed by atoms with Crippen molar-refractivity contribution in [3.8, 4) is 6.26 Å². The van der Waals surface area contributed by atoms with Crippen molar-refractivity contribution in [2.45, 2.75) is 0 Å². The van der Waals surface area contributed by atoms with E-state index in [4.69, 9.17) is 9.97 Å². The molecule has 0 aliphatic rings. The molecule has 0 atom stereocenters. The average molecular weight is 68.8 g/mol. The van der Waals surface area contributed by atoms with Gasteiger partial charge in [-0.05, 0) is 0 Å². The monoisotopic (exact) mass is 69.0 g/mol. The molecule has 24 valence electrons. The van der Waals surface area contributed by atoms with Crippen LogP contribution in [0.25, 0.3) is 0 Å². The van der Waals surface area contributed by atoms with Crippen LogP contribution in [0.15, 0.2) is 0 Å². The van der Waals surface area contributed by atoms with E-state index in [1.54, 1.807) is 0 Å². The van der Waals surface area contributed by atoms with Crippen LogP contribution in [-0.4, -0.2) is 7.35 Å². The van der Waals surface area contributed by atoms with E-state index in [1.165, 1.54) is 0 Å². The fraction of sp³-hybridized carbons (Fsp3) is 0. The Morgan fingerprint density at radius 1 is 2.00 bits per heavy atom. The van der Waals surface area contributed by atoms with Crippen molar-refractivity contribution in [2.24, 2.45) is 0 Å². The molecule has 0 aromatic carbocycles. The Hall–Kier alpha value is -0.845. The van der Waals surface area contributed by atoms with Gasteiger partial charge >= 0.3 is 28.2 Å². The predicted octanol–water partition coefficient (Wildman–Crippen LogP) is -0.551. The van der Waals surface area contributed by atoms with E-state index in [2.05, 4.69) is 4.65 Å². The summed E-state index contributed by atoms with van der Waals surface area (Å²) in [6.07, 6.45) is 1.15. The molecule has 3 nitrogen and oxygen atoms in total. The molecule has 0 rings (SSSR count). The number of nitrogens with zero attached hydrogens (tertiary/aromatic N) is 1. The van der Waals surface area contributed by atoms with Gasteiger partial charge in [-0.3, -0.25) is 0 Å². The Balaban J connectivity index is 2.75. The van der Waals surface area contributed by atoms with Gasteiger partial charge in [-0.15, -0.1) is 0 Å². The SMILES string of the molecule is N#COB=O. The number of hydrogen-bond donors (Lipinski definition) is 0. The van der Waals surface area contributed by atoms with Gasteiger partial charge in [0.05, 0.1) is 0 Å². The molecule has 0 amide bonds. The second-order valence-electron chi connectivity index (χ2n) is 0.305. The summed E-state index contributed by atoms with van der Waals surface area (Å²) < 4.78 is 12.4. The van der Waals surface area contributed by atoms with Crippen molar-refractivity contribution >= 4 is 7.35 Å². The van der Waals surface area contributed by atoms with Crippen molar-refractivity contribution in [2.75, 3.05) is 0 Å². The molecule has 0 bridgehead atoms. The molecule has 0 N–H and O–H groups in total. The van der Waals surface area contributed by atoms with Crippen LogP contribution in [0.2, 0.25) is 0 Å². The molecule has 0 aromatic rings. The Bertz CT molecular complexity index is 64.5. The molecule has 5 heavy (non-hydrogen) atoms. The van der Waals surface area contributed by atoms with Gasteiger partial charge in [0.2, 0.25) is 0 Å². The van der Waals surface area contributed by atoms with E-state index < -0.39 is 0 Å². The maximum absolute atomic E-state index is 8.96. The number of hydrogen-bond acceptors (Lipinski definition) is 3. The van der Waals surface area contributed by atoms with Gasteiger partial charge in [-0.1, -0.05) is 0 Å². The minimum absolute atomic E-state index is 0.0694. The molecule has 0 fully saturated rings. The molecule has 0 aliphatic carbocycles. The van der Waals surface area contributed by atoms with Crippen molar-refractivity contribution in [3.63, 3.8) is 0 Å². The van der Waals surface area contributed by atoms with Crippen molar-refractivity contribution in [1.29, 1.82) is 5.26 Å². The fourth-order valence-corrected chi connectivity index (χ4v) is 0.0215. The van der Waals surface area contributed by atoms with Gasteiger partial charge in [-0.25, -0.2) is 0 Å². The van der Waals surface area contributed by atoms with E-state index in [0.717, 1.165) is 6.26 Å². The summed E-state index contributed by atoms with van der Waals surface area (Å²) in [4.78, 5) is 0. The molecule has 0 unspecified atom stereocenters. The number of rotatable bonds is 1. The summed E-state index contributed by atoms with van der Waals surface area (Å²) in [5.74, 6) is 0. The van der Waals surface area contributed by atoms with E-state index in [9.17, 15) is 0 Å². The summed E-state index contributed by atoms with van der Waals surface area (Å²) in [6, 6.07) is 0. The average Bonchev–Trinajstić information content (AvgIpc) is 1.41. The first-order valence-electron chi connectivity index (χ1n) is 0.899. The summed E-state index contributed by atoms with van der Waals surface area (Å²) in [7, 11) is 0.0694. The first-order valence-corrected chi connectivity index (χ1v) is 0.899. The Labute approximate surface area is 29.4 Å². The second kappa shape index (κ2) is 3.15. The van der Waals surface area contributed by atoms with E-state index >= 15 is 0 Å². The third-order valence-electron chi connectivity index (χ3n) is 0.101. The molecule has 0 spiro atoms. The zero-order valence-corrected chi connectivity index (χ0v) is 2.34. The van der Waals surface area contributed by atoms with Crippen LogP contribution >= 0.6 is 0 Å². The first-order chi connectivity index (χ1) is 2.41. The normalized spacial score (nSPS) is 3.80. The van der Waals surface area contributed by atoms with Crippen LogP contribution < -0.4 is 0 Å². The van der Waals surface area contributed by atoms with Crippen molar-refractivity contribution < 1.29 is 9.36 Å². The zero-order valence-electron chi connectivity index (χ0n) is 2.34. The van der Waals surface area contributed by atoms with Crippen LogP contribution in [0.4, 0.5) is 0 Å². The quantitative estimate of drug-likeness (QED) is 0.306. The van der Waals surface area contributed by atoms with E-state index in [-0.39, 0.29) is 7.35 Å². The van der Waals surface area contributed by atoms with Crippen LogP contribution in [0, 0.1) is 11.5 Å². The zero-order chi connectivity index (χ0) is 4.12. The Morgan fingerprint density at radius 2 is 2.60 bits per heavy atom. The van der Waals surface area contributed by atoms with E-state index in [0.29, 0.717) is 0 Å². The third kappa shape index (κ3) is 3.15. The van der Waals surface area contributed by atoms with Crippen molar-refractivity contribution in [1.82, 2.24) is 0 Å². The van der Waals surface area contributed by atoms with Gasteiger partial charge < -0.3 is 0 Å². The van der Waals surface area contributed by atoms with E-state index in [1.807, 2.05) is 0 Å². The maximum atomic E-state index is 8.96. The van der Waals surface area contributed by atoms with Crippen molar-refractivity contribution in [3.05, 3.63) is 0 Å². The predicted molar refractivity (Wildman–Crippen MR) is 13.1 cm³/mol. The van der Waals surface area contributed by atoms with Crippen LogP contribution in [0.3, 0.4) is 0 Å². The summed E-state index contributed by atoms with van der Waals surface area (Å²) >= 11 is 0. The topological polar surface area (TPSA) is 50.1 Å². The van der Waals surface area contributed by atoms with Gasteiger partial charge in [0.25, 0.3) is 0 Å². The molecular weight excluding hydrogens is 68.8 g/mol. The van der Waals surface area contributed by atoms with Gasteiger partial charge in [-0.2, -0.15) is 0 Å². The van der Waals surface area contributed by atoms with Gasteiger partial charge in [0.1, 0.15) is 0 Å². The second-order valence-corrected chi connectivity index (χ2v) is 0.305. The van der Waals surface area contributed by atoms with Crippen LogP contribution in [-0.2, 0) is 9.36 Å². The number of nitriles is 1. The van der Waals surface area contributed by atoms with Crippen LogP contribution in [0.1, 0.15) is 0 Å². The van der Waals surface area contributed by atoms with Crippen LogP contribution in [0.5, 0.6) is 0 Å². The summed E-state index contributed by atoms with van der Waals surface area (Å²) in [6.45, 7) is 0. The standard InChI is InChI=1S/CBNO2/c3-1-5-2-4. The molecule has 0 heterocycles. The molecule has 0 aromatic heterocycles. The molecular formula is CBNO2.